The van der Waals surface area contributed by atoms with E-state index in [0.717, 1.165) is 16.9 Å². The fraction of sp³-hybridized carbons (Fsp3) is 0.312. The van der Waals surface area contributed by atoms with Crippen LogP contribution in [0, 0.1) is 6.92 Å². The Kier molecular flexibility index (Phi) is 5.75. The van der Waals surface area contributed by atoms with Crippen LogP contribution < -0.4 is 20.6 Å². The number of rotatable bonds is 6. The van der Waals surface area contributed by atoms with Gasteiger partial charge in [-0.15, -0.1) is 0 Å². The van der Waals surface area contributed by atoms with E-state index in [2.05, 4.69) is 15.5 Å². The van der Waals surface area contributed by atoms with Crippen molar-refractivity contribution in [3.63, 3.8) is 0 Å². The number of carbonyl (C=O) groups is 1. The van der Waals surface area contributed by atoms with Gasteiger partial charge in [0.15, 0.2) is 16.6 Å². The number of benzene rings is 1. The van der Waals surface area contributed by atoms with Crippen LogP contribution in [-0.4, -0.2) is 30.3 Å². The van der Waals surface area contributed by atoms with Crippen LogP contribution in [0.2, 0.25) is 0 Å². The maximum absolute atomic E-state index is 12.0. The smallest absolute Gasteiger partial charge is 0.283 e. The molecule has 1 amide bonds. The number of nitrogen functional groups attached to an aromatic ring is 1. The van der Waals surface area contributed by atoms with Crippen molar-refractivity contribution in [1.82, 2.24) is 10.4 Å². The van der Waals surface area contributed by atoms with Crippen molar-refractivity contribution >= 4 is 28.6 Å². The zero-order valence-electron chi connectivity index (χ0n) is 14.0. The van der Waals surface area contributed by atoms with Gasteiger partial charge in [-0.2, -0.15) is 5.10 Å². The fourth-order valence-corrected chi connectivity index (χ4v) is 2.69. The normalized spacial score (nSPS) is 11.0. The highest BCUT2D eigenvalue weighted by Crippen LogP contribution is 2.28. The maximum Gasteiger partial charge on any atom is 0.283 e. The van der Waals surface area contributed by atoms with E-state index in [1.165, 1.54) is 6.21 Å². The number of carbonyl (C=O) groups excluding carboxylic acids is 1. The van der Waals surface area contributed by atoms with Gasteiger partial charge in [0.1, 0.15) is 4.88 Å². The third-order valence-electron chi connectivity index (χ3n) is 2.95. The number of hydrazone groups is 1. The van der Waals surface area contributed by atoms with Crippen LogP contribution in [0.15, 0.2) is 23.3 Å². The molecule has 1 aromatic carbocycles. The molecule has 2 rings (SSSR count). The van der Waals surface area contributed by atoms with Gasteiger partial charge in [0.25, 0.3) is 5.91 Å². The number of thiazole rings is 1. The summed E-state index contributed by atoms with van der Waals surface area (Å²) in [6, 6.07) is 5.40. The summed E-state index contributed by atoms with van der Waals surface area (Å²) in [4.78, 5) is 16.5. The second-order valence-electron chi connectivity index (χ2n) is 5.24. The Balaban J connectivity index is 2.08. The van der Waals surface area contributed by atoms with Crippen molar-refractivity contribution in [2.75, 3.05) is 12.8 Å². The van der Waals surface area contributed by atoms with Crippen molar-refractivity contribution < 1.29 is 14.3 Å². The molecule has 1 heterocycles. The number of amides is 1. The summed E-state index contributed by atoms with van der Waals surface area (Å²) in [6.07, 6.45) is 1.55. The summed E-state index contributed by atoms with van der Waals surface area (Å²) in [7, 11) is 1.58. The molecular formula is C16H20N4O3S. The van der Waals surface area contributed by atoms with E-state index in [-0.39, 0.29) is 12.0 Å². The first kappa shape index (κ1) is 17.7. The minimum Gasteiger partial charge on any atom is -0.493 e. The molecule has 0 atom stereocenters. The van der Waals surface area contributed by atoms with Gasteiger partial charge in [0, 0.05) is 0 Å². The summed E-state index contributed by atoms with van der Waals surface area (Å²) < 4.78 is 11.0. The second-order valence-corrected chi connectivity index (χ2v) is 6.27. The van der Waals surface area contributed by atoms with Gasteiger partial charge in [-0.05, 0) is 44.5 Å². The Bertz CT molecular complexity index is 756. The second kappa shape index (κ2) is 7.78. The molecule has 7 nitrogen and oxygen atoms in total. The monoisotopic (exact) mass is 348 g/mol. The number of nitrogens with one attached hydrogen (secondary N) is 1. The zero-order valence-corrected chi connectivity index (χ0v) is 14.8. The Morgan fingerprint density at radius 3 is 2.75 bits per heavy atom. The lowest BCUT2D eigenvalue weighted by Crippen LogP contribution is -2.17. The average Bonchev–Trinajstić information content (AvgIpc) is 2.85. The molecule has 0 bridgehead atoms. The number of nitrogens with zero attached hydrogens (tertiary/aromatic N) is 2. The van der Waals surface area contributed by atoms with Gasteiger partial charge in [0.05, 0.1) is 25.1 Å². The molecule has 0 saturated heterocycles. The van der Waals surface area contributed by atoms with Gasteiger partial charge in [-0.1, -0.05) is 11.3 Å². The number of anilines is 1. The topological polar surface area (TPSA) is 98.8 Å². The highest BCUT2D eigenvalue weighted by Gasteiger charge is 2.13. The van der Waals surface area contributed by atoms with Crippen LogP contribution in [-0.2, 0) is 0 Å². The van der Waals surface area contributed by atoms with Crippen LogP contribution in [0.4, 0.5) is 5.13 Å². The first-order valence-corrected chi connectivity index (χ1v) is 8.13. The van der Waals surface area contributed by atoms with Gasteiger partial charge < -0.3 is 15.2 Å². The molecule has 3 N–H and O–H groups in total. The lowest BCUT2D eigenvalue weighted by atomic mass is 10.2. The van der Waals surface area contributed by atoms with E-state index in [9.17, 15) is 4.79 Å². The standard InChI is InChI=1S/C16H20N4O3S/c1-9(2)23-13-7-11(5-6-12(13)22-4)8-18-20-15(21)14-10(3)19-16(17)24-14/h5-9H,1-4H3,(H2,17,19)(H,20,21)/b18-8-. The molecule has 8 heteroatoms. The van der Waals surface area contributed by atoms with Gasteiger partial charge >= 0.3 is 0 Å². The minimum atomic E-state index is -0.342. The first-order chi connectivity index (χ1) is 11.4. The number of aromatic nitrogens is 1. The minimum absolute atomic E-state index is 0.0190. The van der Waals surface area contributed by atoms with Crippen LogP contribution >= 0.6 is 11.3 Å². The molecule has 0 fully saturated rings. The highest BCUT2D eigenvalue weighted by molar-refractivity contribution is 7.17. The Hall–Kier alpha value is -2.61. The third-order valence-corrected chi connectivity index (χ3v) is 3.93. The lowest BCUT2D eigenvalue weighted by Gasteiger charge is -2.13. The van der Waals surface area contributed by atoms with Crippen LogP contribution in [0.1, 0.15) is 34.8 Å². The Labute approximate surface area is 144 Å². The SMILES string of the molecule is COc1ccc(/C=N\NC(=O)c2sc(N)nc2C)cc1OC(C)C. The Morgan fingerprint density at radius 2 is 2.17 bits per heavy atom. The van der Waals surface area contributed by atoms with Gasteiger partial charge in [0.2, 0.25) is 0 Å². The van der Waals surface area contributed by atoms with E-state index < -0.39 is 0 Å². The van der Waals surface area contributed by atoms with E-state index in [1.807, 2.05) is 19.9 Å². The van der Waals surface area contributed by atoms with Crippen molar-refractivity contribution in [2.24, 2.45) is 5.10 Å². The molecule has 0 radical (unpaired) electrons. The molecule has 1 aromatic heterocycles. The summed E-state index contributed by atoms with van der Waals surface area (Å²) in [5.74, 6) is 0.916. The average molecular weight is 348 g/mol. The van der Waals surface area contributed by atoms with Crippen molar-refractivity contribution in [3.05, 3.63) is 34.3 Å². The molecule has 0 saturated carbocycles. The van der Waals surface area contributed by atoms with Gasteiger partial charge in [-0.3, -0.25) is 4.79 Å². The summed E-state index contributed by atoms with van der Waals surface area (Å²) >= 11 is 1.13. The molecule has 2 aromatic rings. The van der Waals surface area contributed by atoms with Crippen LogP contribution in [0.3, 0.4) is 0 Å². The molecule has 0 aliphatic heterocycles. The Morgan fingerprint density at radius 1 is 1.42 bits per heavy atom. The van der Waals surface area contributed by atoms with Crippen molar-refractivity contribution in [1.29, 1.82) is 0 Å². The van der Waals surface area contributed by atoms with Crippen LogP contribution in [0.25, 0.3) is 0 Å². The van der Waals surface area contributed by atoms with Crippen molar-refractivity contribution in [3.8, 4) is 11.5 Å². The van der Waals surface area contributed by atoms with Gasteiger partial charge in [-0.25, -0.2) is 10.4 Å². The summed E-state index contributed by atoms with van der Waals surface area (Å²) in [5.41, 5.74) is 9.40. The number of hydrogen-bond acceptors (Lipinski definition) is 7. The lowest BCUT2D eigenvalue weighted by molar-refractivity contribution is 0.0958. The number of nitrogens with two attached hydrogens (primary N) is 1. The predicted molar refractivity (Wildman–Crippen MR) is 95.1 cm³/mol. The summed E-state index contributed by atoms with van der Waals surface area (Å²) in [5, 5.41) is 4.32. The number of ether oxygens (including phenoxy) is 2. The van der Waals surface area contributed by atoms with E-state index in [0.29, 0.717) is 27.2 Å². The zero-order chi connectivity index (χ0) is 17.7. The maximum atomic E-state index is 12.0. The quantitative estimate of drug-likeness (QED) is 0.617. The van der Waals surface area contributed by atoms with E-state index in [4.69, 9.17) is 15.2 Å². The molecule has 0 unspecified atom stereocenters. The molecule has 24 heavy (non-hydrogen) atoms. The molecular weight excluding hydrogens is 328 g/mol. The van der Waals surface area contributed by atoms with Crippen molar-refractivity contribution in [2.45, 2.75) is 26.9 Å². The molecule has 128 valence electrons. The van der Waals surface area contributed by atoms with E-state index in [1.54, 1.807) is 26.2 Å². The molecule has 0 aliphatic rings. The fourth-order valence-electron chi connectivity index (χ4n) is 1.96. The molecule has 0 spiro atoms. The molecule has 0 aliphatic carbocycles. The summed E-state index contributed by atoms with van der Waals surface area (Å²) in [6.45, 7) is 5.59. The number of aryl methyl sites for hydroxylation is 1. The highest BCUT2D eigenvalue weighted by atomic mass is 32.1. The third kappa shape index (κ3) is 4.45. The van der Waals surface area contributed by atoms with Crippen LogP contribution in [0.5, 0.6) is 11.5 Å². The number of methoxy groups -OCH3 is 1. The largest absolute Gasteiger partial charge is 0.493 e. The van der Waals surface area contributed by atoms with E-state index >= 15 is 0 Å². The first-order valence-electron chi connectivity index (χ1n) is 7.31. The predicted octanol–water partition coefficient (Wildman–Crippen LogP) is 2.59. The number of hydrogen-bond donors (Lipinski definition) is 2.